The molecule has 0 saturated carbocycles. The predicted molar refractivity (Wildman–Crippen MR) is 49.1 cm³/mol. The van der Waals surface area contributed by atoms with E-state index in [4.69, 9.17) is 0 Å². The zero-order valence-corrected chi connectivity index (χ0v) is 7.90. The molecule has 0 aromatic heterocycles. The van der Waals surface area contributed by atoms with E-state index in [-0.39, 0.29) is 0 Å². The van der Waals surface area contributed by atoms with Crippen LogP contribution in [-0.2, 0) is 0 Å². The number of nitrogens with one attached hydrogen (secondary N) is 1. The Morgan fingerprint density at radius 2 is 1.91 bits per heavy atom. The molecule has 0 unspecified atom stereocenters. The highest BCUT2D eigenvalue weighted by Crippen LogP contribution is 2.07. The molecule has 1 rings (SSSR count). The monoisotopic (exact) mass is 158 g/mol. The average Bonchev–Trinajstić information content (AvgIpc) is 2.11. The van der Waals surface area contributed by atoms with E-state index in [2.05, 4.69) is 12.4 Å². The lowest BCUT2D eigenvalue weighted by Crippen LogP contribution is -2.78. The van der Waals surface area contributed by atoms with Crippen molar-refractivity contribution >= 4 is 0 Å². The van der Waals surface area contributed by atoms with Crippen molar-refractivity contribution in [3.63, 3.8) is 0 Å². The number of rotatable bonds is 2. The van der Waals surface area contributed by atoms with Crippen molar-refractivity contribution in [2.75, 3.05) is 19.6 Å². The molecule has 0 atom stereocenters. The summed E-state index contributed by atoms with van der Waals surface area (Å²) in [5.41, 5.74) is 0. The Morgan fingerprint density at radius 1 is 1.36 bits per heavy atom. The summed E-state index contributed by atoms with van der Waals surface area (Å²) in [6.45, 7) is 7.62. The Labute approximate surface area is 70.8 Å². The second-order valence-corrected chi connectivity index (χ2v) is 2.72. The van der Waals surface area contributed by atoms with Crippen LogP contribution < -0.4 is 10.6 Å². The van der Waals surface area contributed by atoms with Crippen molar-refractivity contribution in [3.8, 4) is 0 Å². The van der Waals surface area contributed by atoms with Crippen molar-refractivity contribution in [2.24, 2.45) is 5.92 Å². The van der Waals surface area contributed by atoms with Gasteiger partial charge in [-0.05, 0) is 25.9 Å². The molecule has 0 aromatic rings. The van der Waals surface area contributed by atoms with Gasteiger partial charge in [-0.2, -0.15) is 7.05 Å². The van der Waals surface area contributed by atoms with Crippen molar-refractivity contribution in [3.05, 3.63) is 7.05 Å². The van der Waals surface area contributed by atoms with Crippen LogP contribution in [0.15, 0.2) is 0 Å². The minimum atomic E-state index is 0.920. The summed E-state index contributed by atoms with van der Waals surface area (Å²) >= 11 is 0. The lowest BCUT2D eigenvalue weighted by molar-refractivity contribution is -0.602. The maximum Gasteiger partial charge on any atom is 0.0545 e. The summed E-state index contributed by atoms with van der Waals surface area (Å²) in [6.07, 6.45) is 2.68. The van der Waals surface area contributed by atoms with Crippen LogP contribution in [0.25, 0.3) is 0 Å². The van der Waals surface area contributed by atoms with E-state index < -0.39 is 0 Å². The normalized spacial score (nSPS) is 18.8. The van der Waals surface area contributed by atoms with Crippen LogP contribution in [0.3, 0.4) is 0 Å². The van der Waals surface area contributed by atoms with E-state index in [1.807, 2.05) is 19.2 Å². The van der Waals surface area contributed by atoms with E-state index in [0.29, 0.717) is 0 Å². The third-order valence-electron chi connectivity index (χ3n) is 1.96. The van der Waals surface area contributed by atoms with Gasteiger partial charge in [0.15, 0.2) is 0 Å². The third kappa shape index (κ3) is 5.22. The van der Waals surface area contributed by atoms with Crippen LogP contribution in [-0.4, -0.2) is 19.6 Å². The summed E-state index contributed by atoms with van der Waals surface area (Å²) in [7, 11) is 3.73. The predicted octanol–water partition coefficient (Wildman–Crippen LogP) is 0.367. The highest BCUT2D eigenvalue weighted by Gasteiger charge is 2.11. The highest BCUT2D eigenvalue weighted by molar-refractivity contribution is 4.66. The minimum Gasteiger partial charge on any atom is -0.479 e. The lowest BCUT2D eigenvalue weighted by Gasteiger charge is -2.21. The SMILES string of the molecule is CC.[CH2-][NH2+]CC1CCNCC1. The van der Waals surface area contributed by atoms with E-state index in [1.165, 1.54) is 32.5 Å². The molecule has 1 heterocycles. The van der Waals surface area contributed by atoms with Gasteiger partial charge in [-0.1, -0.05) is 13.8 Å². The van der Waals surface area contributed by atoms with Gasteiger partial charge in [0, 0.05) is 5.92 Å². The van der Waals surface area contributed by atoms with Crippen LogP contribution in [0.5, 0.6) is 0 Å². The fourth-order valence-corrected chi connectivity index (χ4v) is 1.35. The second-order valence-electron chi connectivity index (χ2n) is 2.72. The number of hydrogen-bond donors (Lipinski definition) is 2. The molecule has 0 spiro atoms. The van der Waals surface area contributed by atoms with Gasteiger partial charge >= 0.3 is 0 Å². The fraction of sp³-hybridized carbons (Fsp3) is 0.889. The molecule has 1 saturated heterocycles. The zero-order valence-electron chi connectivity index (χ0n) is 7.90. The summed E-state index contributed by atoms with van der Waals surface area (Å²) in [5, 5.41) is 5.38. The van der Waals surface area contributed by atoms with Gasteiger partial charge in [-0.15, -0.1) is 0 Å². The molecule has 0 aromatic carbocycles. The van der Waals surface area contributed by atoms with Gasteiger partial charge < -0.3 is 10.6 Å². The molecule has 11 heavy (non-hydrogen) atoms. The molecule has 3 N–H and O–H groups in total. The molecular weight excluding hydrogens is 136 g/mol. The van der Waals surface area contributed by atoms with Crippen LogP contribution in [0.4, 0.5) is 0 Å². The summed E-state index contributed by atoms with van der Waals surface area (Å²) < 4.78 is 0. The molecule has 2 heteroatoms. The molecule has 0 radical (unpaired) electrons. The van der Waals surface area contributed by atoms with Crippen molar-refractivity contribution in [1.82, 2.24) is 5.32 Å². The molecule has 1 fully saturated rings. The molecule has 0 bridgehead atoms. The molecule has 1 aliphatic rings. The maximum atomic E-state index is 3.73. The van der Waals surface area contributed by atoms with Gasteiger partial charge in [0.05, 0.1) is 6.54 Å². The fourth-order valence-electron chi connectivity index (χ4n) is 1.35. The smallest absolute Gasteiger partial charge is 0.0545 e. The van der Waals surface area contributed by atoms with Crippen LogP contribution in [0.2, 0.25) is 0 Å². The minimum absolute atomic E-state index is 0.920. The first kappa shape index (κ1) is 10.9. The Hall–Kier alpha value is -0.0800. The first-order valence-electron chi connectivity index (χ1n) is 4.75. The first-order chi connectivity index (χ1) is 5.43. The zero-order chi connectivity index (χ0) is 8.53. The molecular formula is C9H22N2. The van der Waals surface area contributed by atoms with Crippen molar-refractivity contribution in [2.45, 2.75) is 26.7 Å². The Kier molecular flexibility index (Phi) is 7.96. The van der Waals surface area contributed by atoms with Crippen molar-refractivity contribution in [1.29, 1.82) is 0 Å². The van der Waals surface area contributed by atoms with Crippen LogP contribution in [0, 0.1) is 13.0 Å². The Morgan fingerprint density at radius 3 is 2.36 bits per heavy atom. The highest BCUT2D eigenvalue weighted by atomic mass is 14.9. The largest absolute Gasteiger partial charge is 0.479 e. The quantitative estimate of drug-likeness (QED) is 0.558. The topological polar surface area (TPSA) is 28.6 Å². The van der Waals surface area contributed by atoms with E-state index in [0.717, 1.165) is 5.92 Å². The summed E-state index contributed by atoms with van der Waals surface area (Å²) in [5.74, 6) is 0.920. The van der Waals surface area contributed by atoms with E-state index >= 15 is 0 Å². The molecule has 1 aliphatic heterocycles. The van der Waals surface area contributed by atoms with Gasteiger partial charge in [0.2, 0.25) is 0 Å². The number of quaternary nitrogens is 1. The van der Waals surface area contributed by atoms with Gasteiger partial charge in [-0.25, -0.2) is 0 Å². The Bertz CT molecular complexity index is 65.2. The molecule has 0 aliphatic carbocycles. The first-order valence-corrected chi connectivity index (χ1v) is 4.75. The van der Waals surface area contributed by atoms with Crippen molar-refractivity contribution < 1.29 is 5.32 Å². The van der Waals surface area contributed by atoms with Crippen LogP contribution >= 0.6 is 0 Å². The Balaban J connectivity index is 0.000000461. The number of hydrogen-bond acceptors (Lipinski definition) is 1. The molecule has 68 valence electrons. The van der Waals surface area contributed by atoms with Gasteiger partial charge in [0.1, 0.15) is 0 Å². The van der Waals surface area contributed by atoms with Crippen LogP contribution in [0.1, 0.15) is 26.7 Å². The van der Waals surface area contributed by atoms with E-state index in [9.17, 15) is 0 Å². The van der Waals surface area contributed by atoms with Gasteiger partial charge in [0.25, 0.3) is 0 Å². The standard InChI is InChI=1S/C7H16N2.C2H6/c1-8-6-7-2-4-9-5-3-7;1-2/h7,9H,1-6,8H2;1-2H3. The number of nitrogens with two attached hydrogens (primary N) is 1. The number of piperidine rings is 1. The maximum absolute atomic E-state index is 3.73. The second kappa shape index (κ2) is 8.02. The lowest BCUT2D eigenvalue weighted by atomic mass is 9.98. The summed E-state index contributed by atoms with van der Waals surface area (Å²) in [4.78, 5) is 0. The third-order valence-corrected chi connectivity index (χ3v) is 1.96. The average molecular weight is 158 g/mol. The van der Waals surface area contributed by atoms with Gasteiger partial charge in [-0.3, -0.25) is 0 Å². The molecule has 2 nitrogen and oxygen atoms in total. The molecule has 0 amide bonds. The summed E-state index contributed by atoms with van der Waals surface area (Å²) in [6, 6.07) is 0. The van der Waals surface area contributed by atoms with E-state index in [1.54, 1.807) is 0 Å².